The maximum Gasteiger partial charge on any atom is 0.344 e. The number of nitrogens with zero attached hydrogens (tertiary/aromatic N) is 1. The molecule has 0 aliphatic carbocycles. The smallest absolute Gasteiger partial charge is 0.344 e. The first-order chi connectivity index (χ1) is 13.3. The number of β-lactam (4-membered cyclic amide) rings is 1. The van der Waals surface area contributed by atoms with Crippen molar-refractivity contribution < 1.29 is 18.8 Å². The van der Waals surface area contributed by atoms with Gasteiger partial charge in [0.1, 0.15) is 0 Å². The summed E-state index contributed by atoms with van der Waals surface area (Å²) in [5, 5.41) is 0.120. The summed E-state index contributed by atoms with van der Waals surface area (Å²) in [5.74, 6) is -0.399. The molecule has 1 heterocycles. The molecule has 0 N–H and O–H groups in total. The molecule has 1 aliphatic rings. The summed E-state index contributed by atoms with van der Waals surface area (Å²) >= 11 is 3.31. The molecule has 0 bridgehead atoms. The van der Waals surface area contributed by atoms with Crippen LogP contribution < -0.4 is 0 Å². The highest BCUT2D eigenvalue weighted by atomic mass is 79.9. The van der Waals surface area contributed by atoms with Crippen molar-refractivity contribution in [2.24, 2.45) is 5.92 Å². The van der Waals surface area contributed by atoms with Crippen LogP contribution in [0.5, 0.6) is 0 Å². The van der Waals surface area contributed by atoms with E-state index in [1.807, 2.05) is 13.0 Å². The normalized spacial score (nSPS) is 22.6. The predicted octanol–water partition coefficient (Wildman–Crippen LogP) is 6.07. The van der Waals surface area contributed by atoms with Crippen molar-refractivity contribution in [3.05, 3.63) is 10.6 Å². The molecule has 174 valence electrons. The van der Waals surface area contributed by atoms with E-state index in [2.05, 4.69) is 88.2 Å². The van der Waals surface area contributed by atoms with Crippen LogP contribution in [0.4, 0.5) is 0 Å². The van der Waals surface area contributed by atoms with Crippen LogP contribution in [-0.4, -0.2) is 52.3 Å². The minimum absolute atomic E-state index is 0.0235. The molecule has 0 saturated carbocycles. The number of hydrogen-bond donors (Lipinski definition) is 0. The molecule has 0 unspecified atom stereocenters. The topological polar surface area (TPSA) is 55.8 Å². The zero-order chi connectivity index (χ0) is 23.9. The Hall–Kier alpha value is -0.446. The maximum absolute atomic E-state index is 13.4. The average Bonchev–Trinajstić information content (AvgIpc) is 2.54. The number of rotatable bonds is 7. The van der Waals surface area contributed by atoms with Crippen molar-refractivity contribution in [1.82, 2.24) is 4.57 Å². The molecule has 0 aromatic heterocycles. The number of carbonyl (C=O) groups is 2. The summed E-state index contributed by atoms with van der Waals surface area (Å²) in [5.41, 5.74) is 0. The molecule has 3 atom stereocenters. The second-order valence-corrected chi connectivity index (χ2v) is 22.2. The van der Waals surface area contributed by atoms with Gasteiger partial charge in [0.15, 0.2) is 16.6 Å². The molecular weight excluding hydrogens is 478 g/mol. The molecule has 0 aromatic rings. The van der Waals surface area contributed by atoms with Gasteiger partial charge in [0.25, 0.3) is 0 Å². The summed E-state index contributed by atoms with van der Waals surface area (Å²) in [4.78, 5) is 25.3. The SMILES string of the molecule is COC(=O)/C(Br)=C\C[C@@H]1[C@@H]([C@@H](C)O[Si](C)(C)C(C)(C)C)C(=O)N1[Si](C)(C)C(C)(C)C. The lowest BCUT2D eigenvalue weighted by atomic mass is 9.84. The third-order valence-corrected chi connectivity index (χ3v) is 18.1. The Morgan fingerprint density at radius 2 is 1.63 bits per heavy atom. The van der Waals surface area contributed by atoms with Crippen LogP contribution in [0.15, 0.2) is 10.6 Å². The van der Waals surface area contributed by atoms with Gasteiger partial charge in [-0.2, -0.15) is 0 Å². The monoisotopic (exact) mass is 519 g/mol. The molecule has 1 rings (SSSR count). The lowest BCUT2D eigenvalue weighted by molar-refractivity contribution is -0.154. The molecule has 0 spiro atoms. The quantitative estimate of drug-likeness (QED) is 0.177. The van der Waals surface area contributed by atoms with Gasteiger partial charge >= 0.3 is 5.97 Å². The van der Waals surface area contributed by atoms with Gasteiger partial charge in [-0.3, -0.25) is 4.79 Å². The van der Waals surface area contributed by atoms with E-state index in [9.17, 15) is 9.59 Å². The minimum atomic E-state index is -2.06. The van der Waals surface area contributed by atoms with E-state index in [-0.39, 0.29) is 34.0 Å². The number of hydrogen-bond acceptors (Lipinski definition) is 4. The minimum Gasteiger partial charge on any atom is -0.465 e. The number of esters is 1. The van der Waals surface area contributed by atoms with Crippen molar-refractivity contribution >= 4 is 44.4 Å². The first-order valence-electron chi connectivity index (χ1n) is 10.7. The zero-order valence-corrected chi connectivity index (χ0v) is 24.6. The Kier molecular flexibility index (Phi) is 8.46. The average molecular weight is 521 g/mol. The Labute approximate surface area is 194 Å². The standard InChI is InChI=1S/C22H42BrNO4Si2/c1-15(28-30(11,12)22(5,6)7)18-17(14-13-16(23)20(26)27-8)24(19(18)25)29(9,10)21(2,3)4/h13,15,17-18H,14H2,1-12H3/b16-13+/t15-,17-,18-/m1/s1. The number of halogens is 1. The first kappa shape index (κ1) is 27.6. The van der Waals surface area contributed by atoms with Crippen molar-refractivity contribution in [3.8, 4) is 0 Å². The van der Waals surface area contributed by atoms with Gasteiger partial charge in [0.2, 0.25) is 5.91 Å². The van der Waals surface area contributed by atoms with E-state index in [0.717, 1.165) is 0 Å². The van der Waals surface area contributed by atoms with Gasteiger partial charge in [-0.25, -0.2) is 4.79 Å². The van der Waals surface area contributed by atoms with E-state index in [0.29, 0.717) is 10.9 Å². The van der Waals surface area contributed by atoms with Crippen LogP contribution in [-0.2, 0) is 18.8 Å². The molecule has 5 nitrogen and oxygen atoms in total. The van der Waals surface area contributed by atoms with E-state index < -0.39 is 22.5 Å². The van der Waals surface area contributed by atoms with E-state index in [1.54, 1.807) is 0 Å². The fourth-order valence-electron chi connectivity index (χ4n) is 3.50. The molecular formula is C22H42BrNO4Si2. The Morgan fingerprint density at radius 3 is 2.03 bits per heavy atom. The second-order valence-electron chi connectivity index (χ2n) is 11.5. The fourth-order valence-corrected chi connectivity index (χ4v) is 7.80. The highest BCUT2D eigenvalue weighted by Gasteiger charge is 2.59. The second kappa shape index (κ2) is 9.20. The maximum atomic E-state index is 13.4. The van der Waals surface area contributed by atoms with Crippen LogP contribution >= 0.6 is 15.9 Å². The summed E-state index contributed by atoms with van der Waals surface area (Å²) in [6, 6.07) is 0.0235. The molecule has 1 amide bonds. The molecule has 30 heavy (non-hydrogen) atoms. The third kappa shape index (κ3) is 5.48. The van der Waals surface area contributed by atoms with Crippen molar-refractivity contribution in [2.75, 3.05) is 7.11 Å². The zero-order valence-electron chi connectivity index (χ0n) is 21.0. The lowest BCUT2D eigenvalue weighted by Gasteiger charge is -2.60. The Bertz CT molecular complexity index is 692. The van der Waals surface area contributed by atoms with Crippen LogP contribution in [0.1, 0.15) is 54.9 Å². The van der Waals surface area contributed by atoms with Gasteiger partial charge in [0.05, 0.1) is 23.6 Å². The number of methoxy groups -OCH3 is 1. The highest BCUT2D eigenvalue weighted by Crippen LogP contribution is 2.48. The summed E-state index contributed by atoms with van der Waals surface area (Å²) in [7, 11) is -2.70. The predicted molar refractivity (Wildman–Crippen MR) is 133 cm³/mol. The van der Waals surface area contributed by atoms with Crippen LogP contribution in [0, 0.1) is 5.92 Å². The van der Waals surface area contributed by atoms with Gasteiger partial charge in [-0.05, 0) is 52.4 Å². The largest absolute Gasteiger partial charge is 0.465 e. The van der Waals surface area contributed by atoms with Gasteiger partial charge in [-0.1, -0.05) is 60.7 Å². The van der Waals surface area contributed by atoms with E-state index >= 15 is 0 Å². The van der Waals surface area contributed by atoms with Gasteiger partial charge in [-0.15, -0.1) is 0 Å². The van der Waals surface area contributed by atoms with E-state index in [4.69, 9.17) is 9.16 Å². The molecule has 0 radical (unpaired) electrons. The van der Waals surface area contributed by atoms with Crippen molar-refractivity contribution in [3.63, 3.8) is 0 Å². The number of ether oxygens (including phenoxy) is 1. The summed E-state index contributed by atoms with van der Waals surface area (Å²) in [6.45, 7) is 24.3. The Morgan fingerprint density at radius 1 is 1.13 bits per heavy atom. The highest BCUT2D eigenvalue weighted by molar-refractivity contribution is 9.12. The molecule has 8 heteroatoms. The number of carbonyl (C=O) groups excluding carboxylic acids is 2. The molecule has 1 saturated heterocycles. The molecule has 1 fully saturated rings. The summed E-state index contributed by atoms with van der Waals surface area (Å²) in [6.07, 6.45) is 2.29. The van der Waals surface area contributed by atoms with Crippen LogP contribution in [0.2, 0.25) is 36.3 Å². The molecule has 0 aromatic carbocycles. The Balaban J connectivity index is 3.25. The molecule has 1 aliphatic heterocycles. The summed E-state index contributed by atoms with van der Waals surface area (Å²) < 4.78 is 13.9. The van der Waals surface area contributed by atoms with Crippen LogP contribution in [0.25, 0.3) is 0 Å². The van der Waals surface area contributed by atoms with Crippen molar-refractivity contribution in [1.29, 1.82) is 0 Å². The van der Waals surface area contributed by atoms with Crippen LogP contribution in [0.3, 0.4) is 0 Å². The van der Waals surface area contributed by atoms with E-state index in [1.165, 1.54) is 7.11 Å². The van der Waals surface area contributed by atoms with Crippen molar-refractivity contribution in [2.45, 2.75) is 103 Å². The third-order valence-electron chi connectivity index (χ3n) is 7.42. The first-order valence-corrected chi connectivity index (χ1v) is 17.4. The van der Waals surface area contributed by atoms with Gasteiger partial charge < -0.3 is 13.7 Å². The number of amides is 1. The fraction of sp³-hybridized carbons (Fsp3) is 0.818. The van der Waals surface area contributed by atoms with Gasteiger partial charge in [0, 0.05) is 6.04 Å². The lowest BCUT2D eigenvalue weighted by Crippen LogP contribution is -2.74.